The molecule has 0 aromatic carbocycles. The maximum absolute atomic E-state index is 10.8. The van der Waals surface area contributed by atoms with Gasteiger partial charge in [0, 0.05) is 25.2 Å². The van der Waals surface area contributed by atoms with Gasteiger partial charge in [0.25, 0.3) is 0 Å². The van der Waals surface area contributed by atoms with Gasteiger partial charge < -0.3 is 10.6 Å². The van der Waals surface area contributed by atoms with E-state index in [0.29, 0.717) is 18.6 Å². The third-order valence-corrected chi connectivity index (χ3v) is 3.28. The standard InChI is InChI=1S/C9H17N3O/c1-11-4-8-3-2-7(11)5-12(8)6-9(10)13/h7-8H,2-6H2,1H3,(H2,10,13)/t7-,8-/m0/s1. The lowest BCUT2D eigenvalue weighted by molar-refractivity contribution is -0.121. The van der Waals surface area contributed by atoms with Gasteiger partial charge in [0.1, 0.15) is 0 Å². The lowest BCUT2D eigenvalue weighted by Crippen LogP contribution is -2.62. The Kier molecular flexibility index (Phi) is 2.26. The minimum absolute atomic E-state index is 0.199. The number of fused-ring (bicyclic) bond motifs is 3. The molecule has 3 aliphatic rings. The summed E-state index contributed by atoms with van der Waals surface area (Å²) >= 11 is 0. The van der Waals surface area contributed by atoms with Crippen LogP contribution in [0.1, 0.15) is 12.8 Å². The summed E-state index contributed by atoms with van der Waals surface area (Å²) in [6, 6.07) is 1.20. The molecule has 0 aliphatic carbocycles. The predicted octanol–water partition coefficient (Wildman–Crippen LogP) is -0.750. The van der Waals surface area contributed by atoms with Gasteiger partial charge in [0.15, 0.2) is 0 Å². The minimum Gasteiger partial charge on any atom is -0.369 e. The molecule has 2 bridgehead atoms. The second kappa shape index (κ2) is 3.27. The van der Waals surface area contributed by atoms with Crippen LogP contribution in [0.25, 0.3) is 0 Å². The van der Waals surface area contributed by atoms with Gasteiger partial charge in [-0.2, -0.15) is 0 Å². The van der Waals surface area contributed by atoms with Gasteiger partial charge in [-0.1, -0.05) is 0 Å². The summed E-state index contributed by atoms with van der Waals surface area (Å²) in [5.74, 6) is -0.199. The molecule has 3 heterocycles. The fourth-order valence-corrected chi connectivity index (χ4v) is 2.52. The monoisotopic (exact) mass is 183 g/mol. The largest absolute Gasteiger partial charge is 0.369 e. The second-order valence-electron chi connectivity index (χ2n) is 4.22. The van der Waals surface area contributed by atoms with Gasteiger partial charge in [-0.25, -0.2) is 0 Å². The van der Waals surface area contributed by atoms with Crippen LogP contribution >= 0.6 is 0 Å². The second-order valence-corrected chi connectivity index (χ2v) is 4.22. The topological polar surface area (TPSA) is 49.6 Å². The first-order chi connectivity index (χ1) is 6.16. The molecule has 74 valence electrons. The first-order valence-corrected chi connectivity index (χ1v) is 4.89. The summed E-state index contributed by atoms with van der Waals surface area (Å²) in [7, 11) is 2.17. The van der Waals surface area contributed by atoms with Crippen LogP contribution in [0.4, 0.5) is 0 Å². The molecule has 3 saturated heterocycles. The molecular formula is C9H17N3O. The number of piperazine rings is 1. The third-order valence-electron chi connectivity index (χ3n) is 3.28. The summed E-state index contributed by atoms with van der Waals surface area (Å²) < 4.78 is 0. The van der Waals surface area contributed by atoms with Gasteiger partial charge in [0.05, 0.1) is 6.54 Å². The van der Waals surface area contributed by atoms with E-state index in [1.807, 2.05) is 0 Å². The molecule has 0 aromatic heterocycles. The average molecular weight is 183 g/mol. The SMILES string of the molecule is CN1C[C@@H]2CC[C@H]1CN2CC(N)=O. The summed E-state index contributed by atoms with van der Waals surface area (Å²) in [5, 5.41) is 0. The van der Waals surface area contributed by atoms with Crippen LogP contribution in [0.3, 0.4) is 0 Å². The lowest BCUT2D eigenvalue weighted by atomic mass is 9.91. The highest BCUT2D eigenvalue weighted by Crippen LogP contribution is 2.26. The number of primary amides is 1. The van der Waals surface area contributed by atoms with Crippen molar-refractivity contribution in [3.63, 3.8) is 0 Å². The zero-order valence-corrected chi connectivity index (χ0v) is 8.07. The number of carbonyl (C=O) groups is 1. The molecular weight excluding hydrogens is 166 g/mol. The number of hydrogen-bond donors (Lipinski definition) is 1. The Bertz CT molecular complexity index is 219. The maximum Gasteiger partial charge on any atom is 0.231 e. The molecule has 13 heavy (non-hydrogen) atoms. The molecule has 4 heteroatoms. The zero-order chi connectivity index (χ0) is 9.42. The van der Waals surface area contributed by atoms with Crippen LogP contribution in [0, 0.1) is 0 Å². The van der Waals surface area contributed by atoms with Crippen LogP contribution in [0.15, 0.2) is 0 Å². The Morgan fingerprint density at radius 3 is 2.54 bits per heavy atom. The molecule has 0 saturated carbocycles. The molecule has 0 unspecified atom stereocenters. The van der Waals surface area contributed by atoms with Crippen molar-refractivity contribution < 1.29 is 4.79 Å². The van der Waals surface area contributed by atoms with Crippen molar-refractivity contribution in [3.8, 4) is 0 Å². The summed E-state index contributed by atoms with van der Waals surface area (Å²) in [6.45, 7) is 2.55. The van der Waals surface area contributed by atoms with E-state index >= 15 is 0 Å². The van der Waals surface area contributed by atoms with Crippen LogP contribution in [0.5, 0.6) is 0 Å². The molecule has 2 N–H and O–H groups in total. The van der Waals surface area contributed by atoms with E-state index in [1.54, 1.807) is 0 Å². The van der Waals surface area contributed by atoms with E-state index in [2.05, 4.69) is 16.8 Å². The van der Waals surface area contributed by atoms with E-state index in [1.165, 1.54) is 12.8 Å². The molecule has 0 radical (unpaired) electrons. The zero-order valence-electron chi connectivity index (χ0n) is 8.07. The molecule has 3 rings (SSSR count). The van der Waals surface area contributed by atoms with Gasteiger partial charge in [-0.15, -0.1) is 0 Å². The van der Waals surface area contributed by atoms with Gasteiger partial charge in [-0.3, -0.25) is 9.69 Å². The average Bonchev–Trinajstić information content (AvgIpc) is 2.05. The smallest absolute Gasteiger partial charge is 0.231 e. The predicted molar refractivity (Wildman–Crippen MR) is 50.2 cm³/mol. The Morgan fingerprint density at radius 2 is 2.08 bits per heavy atom. The van der Waals surface area contributed by atoms with Gasteiger partial charge in [-0.05, 0) is 19.9 Å². The highest BCUT2D eigenvalue weighted by atomic mass is 16.1. The quantitative estimate of drug-likeness (QED) is 0.613. The molecule has 0 aromatic rings. The summed E-state index contributed by atoms with van der Waals surface area (Å²) in [4.78, 5) is 15.4. The number of likely N-dealkylation sites (N-methyl/N-ethyl adjacent to an activating group) is 1. The maximum atomic E-state index is 10.8. The fourth-order valence-electron chi connectivity index (χ4n) is 2.52. The summed E-state index contributed by atoms with van der Waals surface area (Å²) in [6.07, 6.45) is 2.50. The Labute approximate surface area is 78.7 Å². The van der Waals surface area contributed by atoms with Gasteiger partial charge in [0.2, 0.25) is 5.91 Å². The first kappa shape index (κ1) is 8.97. The van der Waals surface area contributed by atoms with Gasteiger partial charge >= 0.3 is 0 Å². The number of rotatable bonds is 2. The fraction of sp³-hybridized carbons (Fsp3) is 0.889. The van der Waals surface area contributed by atoms with Crippen molar-refractivity contribution in [2.24, 2.45) is 5.73 Å². The summed E-state index contributed by atoms with van der Waals surface area (Å²) in [5.41, 5.74) is 5.20. The number of nitrogens with zero attached hydrogens (tertiary/aromatic N) is 2. The molecule has 4 nitrogen and oxygen atoms in total. The van der Waals surface area contributed by atoms with Crippen molar-refractivity contribution in [1.82, 2.24) is 9.80 Å². The van der Waals surface area contributed by atoms with Crippen LogP contribution in [-0.2, 0) is 4.79 Å². The number of carbonyl (C=O) groups excluding carboxylic acids is 1. The number of hydrogen-bond acceptors (Lipinski definition) is 3. The van der Waals surface area contributed by atoms with Crippen molar-refractivity contribution in [2.45, 2.75) is 24.9 Å². The van der Waals surface area contributed by atoms with Crippen molar-refractivity contribution >= 4 is 5.91 Å². The van der Waals surface area contributed by atoms with E-state index in [-0.39, 0.29) is 5.91 Å². The number of nitrogens with two attached hydrogens (primary N) is 1. The Hall–Kier alpha value is -0.610. The molecule has 3 aliphatic heterocycles. The van der Waals surface area contributed by atoms with E-state index in [0.717, 1.165) is 13.1 Å². The third kappa shape index (κ3) is 1.69. The van der Waals surface area contributed by atoms with Crippen molar-refractivity contribution in [1.29, 1.82) is 0 Å². The van der Waals surface area contributed by atoms with Crippen molar-refractivity contribution in [2.75, 3.05) is 26.7 Å². The van der Waals surface area contributed by atoms with E-state index in [4.69, 9.17) is 5.73 Å². The number of amides is 1. The molecule has 1 amide bonds. The van der Waals surface area contributed by atoms with E-state index in [9.17, 15) is 4.79 Å². The first-order valence-electron chi connectivity index (χ1n) is 4.89. The Morgan fingerprint density at radius 1 is 1.38 bits per heavy atom. The highest BCUT2D eigenvalue weighted by Gasteiger charge is 2.37. The van der Waals surface area contributed by atoms with E-state index < -0.39 is 0 Å². The normalized spacial score (nSPS) is 35.2. The molecule has 3 fully saturated rings. The number of piperidine rings is 2. The van der Waals surface area contributed by atoms with Crippen LogP contribution in [-0.4, -0.2) is 54.5 Å². The lowest BCUT2D eigenvalue weighted by Gasteiger charge is -2.49. The van der Waals surface area contributed by atoms with Crippen LogP contribution in [0.2, 0.25) is 0 Å². The van der Waals surface area contributed by atoms with Crippen molar-refractivity contribution in [3.05, 3.63) is 0 Å². The molecule has 0 spiro atoms. The minimum atomic E-state index is -0.199. The Balaban J connectivity index is 1.98. The van der Waals surface area contributed by atoms with Crippen LogP contribution < -0.4 is 5.73 Å². The highest BCUT2D eigenvalue weighted by molar-refractivity contribution is 5.76. The molecule has 2 atom stereocenters.